The second-order valence-corrected chi connectivity index (χ2v) is 9.73. The van der Waals surface area contributed by atoms with Crippen LogP contribution in [0.2, 0.25) is 0 Å². The molecule has 4 rings (SSSR count). The summed E-state index contributed by atoms with van der Waals surface area (Å²) in [6.07, 6.45) is 8.15. The van der Waals surface area contributed by atoms with Crippen molar-refractivity contribution in [3.63, 3.8) is 0 Å². The minimum atomic E-state index is -0.0734. The van der Waals surface area contributed by atoms with Gasteiger partial charge in [0, 0.05) is 36.8 Å². The first-order valence-corrected chi connectivity index (χ1v) is 11.7. The maximum atomic E-state index is 13.1. The maximum absolute atomic E-state index is 13.1. The van der Waals surface area contributed by atoms with Crippen molar-refractivity contribution in [1.82, 2.24) is 14.4 Å². The third-order valence-corrected chi connectivity index (χ3v) is 7.58. The number of likely N-dealkylation sites (N-methyl/N-ethyl adjacent to an activating group) is 1. The van der Waals surface area contributed by atoms with Gasteiger partial charge in [-0.05, 0) is 44.2 Å². The molecule has 2 aliphatic rings. The second kappa shape index (κ2) is 8.55. The number of hydrogen-bond acceptors (Lipinski definition) is 4. The van der Waals surface area contributed by atoms with Crippen LogP contribution < -0.4 is 0 Å². The molecule has 0 unspecified atom stereocenters. The van der Waals surface area contributed by atoms with E-state index >= 15 is 0 Å². The van der Waals surface area contributed by atoms with Gasteiger partial charge in [-0.2, -0.15) is 0 Å². The van der Waals surface area contributed by atoms with E-state index in [9.17, 15) is 9.59 Å². The Balaban J connectivity index is 1.74. The van der Waals surface area contributed by atoms with Crippen LogP contribution in [0.25, 0.3) is 17.0 Å². The minimum absolute atomic E-state index is 0.0734. The van der Waals surface area contributed by atoms with Crippen molar-refractivity contribution in [1.29, 1.82) is 0 Å². The number of para-hydroxylation sites is 1. The number of fused-ring (bicyclic) bond motifs is 1. The average molecular weight is 442 g/mol. The van der Waals surface area contributed by atoms with Crippen LogP contribution in [0.1, 0.15) is 44.2 Å². The van der Waals surface area contributed by atoms with Gasteiger partial charge in [-0.3, -0.25) is 14.5 Å². The first-order chi connectivity index (χ1) is 14.4. The molecule has 0 N–H and O–H groups in total. The van der Waals surface area contributed by atoms with Crippen LogP contribution in [-0.2, 0) is 22.6 Å². The number of benzene rings is 1. The summed E-state index contributed by atoms with van der Waals surface area (Å²) in [7, 11) is 1.70. The van der Waals surface area contributed by atoms with Gasteiger partial charge in [0.15, 0.2) is 0 Å². The molecule has 2 fully saturated rings. The molecule has 2 saturated heterocycles. The smallest absolute Gasteiger partial charge is 0.265 e. The molecule has 2 amide bonds. The number of carbonyl (C=O) groups excluding carboxylic acids is 2. The van der Waals surface area contributed by atoms with Crippen molar-refractivity contribution in [2.75, 3.05) is 13.6 Å². The van der Waals surface area contributed by atoms with Gasteiger partial charge in [0.1, 0.15) is 10.9 Å². The lowest BCUT2D eigenvalue weighted by Gasteiger charge is -2.33. The van der Waals surface area contributed by atoms with Crippen molar-refractivity contribution >= 4 is 57.1 Å². The predicted molar refractivity (Wildman–Crippen MR) is 127 cm³/mol. The molecular formula is C23H27N3O2S2. The summed E-state index contributed by atoms with van der Waals surface area (Å²) in [6.45, 7) is 5.43. The summed E-state index contributed by atoms with van der Waals surface area (Å²) in [5.41, 5.74) is 3.24. The van der Waals surface area contributed by atoms with E-state index in [-0.39, 0.29) is 11.8 Å². The lowest BCUT2D eigenvalue weighted by Crippen LogP contribution is -2.43. The molecule has 0 aliphatic carbocycles. The van der Waals surface area contributed by atoms with Crippen LogP contribution >= 0.6 is 24.0 Å². The Morgan fingerprint density at radius 1 is 1.33 bits per heavy atom. The average Bonchev–Trinajstić information content (AvgIpc) is 3.20. The molecule has 1 aromatic carbocycles. The summed E-state index contributed by atoms with van der Waals surface area (Å²) in [4.78, 5) is 29.8. The van der Waals surface area contributed by atoms with E-state index < -0.39 is 0 Å². The number of carbonyl (C=O) groups is 2. The third kappa shape index (κ3) is 3.81. The number of likely N-dealkylation sites (tertiary alicyclic amines) is 1. The molecule has 1 aromatic heterocycles. The van der Waals surface area contributed by atoms with E-state index in [2.05, 4.69) is 30.5 Å². The van der Waals surface area contributed by atoms with E-state index in [1.807, 2.05) is 23.2 Å². The zero-order valence-corrected chi connectivity index (χ0v) is 19.3. The Morgan fingerprint density at radius 2 is 2.13 bits per heavy atom. The summed E-state index contributed by atoms with van der Waals surface area (Å²) in [5, 5.41) is 1.07. The Hall–Kier alpha value is -2.12. The molecule has 7 heteroatoms. The molecule has 1 atom stereocenters. The molecule has 30 heavy (non-hydrogen) atoms. The minimum Gasteiger partial charge on any atom is -0.338 e. The SMILES string of the molecule is CCc1cccc2c(/C=C3\SC(=S)N(C)C3=O)cn(CC(=O)N3CCCC[C@@H]3C)c12. The fraction of sp³-hybridized carbons (Fsp3) is 0.435. The molecule has 5 nitrogen and oxygen atoms in total. The van der Waals surface area contributed by atoms with E-state index in [1.165, 1.54) is 28.6 Å². The topological polar surface area (TPSA) is 45.6 Å². The van der Waals surface area contributed by atoms with Crippen molar-refractivity contribution in [2.45, 2.75) is 52.1 Å². The normalized spacial score (nSPS) is 21.3. The lowest BCUT2D eigenvalue weighted by atomic mass is 10.0. The van der Waals surface area contributed by atoms with Crippen molar-refractivity contribution < 1.29 is 9.59 Å². The fourth-order valence-electron chi connectivity index (χ4n) is 4.38. The number of nitrogens with zero attached hydrogens (tertiary/aromatic N) is 3. The molecule has 0 radical (unpaired) electrons. The Morgan fingerprint density at radius 3 is 2.80 bits per heavy atom. The van der Waals surface area contributed by atoms with Gasteiger partial charge in [-0.1, -0.05) is 49.1 Å². The van der Waals surface area contributed by atoms with Crippen molar-refractivity contribution in [3.8, 4) is 0 Å². The standard InChI is InChI=1S/C23H27N3O2S2/c1-4-16-9-7-10-18-17(12-19-22(28)24(3)23(29)30-19)13-25(21(16)18)14-20(27)26-11-6-5-8-15(26)2/h7,9-10,12-13,15H,4-6,8,11,14H2,1-3H3/b19-12-/t15-/m0/s1. The van der Waals surface area contributed by atoms with Crippen LogP contribution in [0, 0.1) is 0 Å². The quantitative estimate of drug-likeness (QED) is 0.520. The summed E-state index contributed by atoms with van der Waals surface area (Å²) in [5.74, 6) is 0.0900. The van der Waals surface area contributed by atoms with E-state index in [4.69, 9.17) is 12.2 Å². The number of aromatic nitrogens is 1. The highest BCUT2D eigenvalue weighted by molar-refractivity contribution is 8.26. The lowest BCUT2D eigenvalue weighted by molar-refractivity contribution is -0.135. The van der Waals surface area contributed by atoms with Crippen LogP contribution in [0.3, 0.4) is 0 Å². The van der Waals surface area contributed by atoms with Gasteiger partial charge in [0.05, 0.1) is 10.4 Å². The monoisotopic (exact) mass is 441 g/mol. The molecular weight excluding hydrogens is 414 g/mol. The maximum Gasteiger partial charge on any atom is 0.265 e. The van der Waals surface area contributed by atoms with E-state index in [0.717, 1.165) is 42.3 Å². The molecule has 2 aromatic rings. The first kappa shape index (κ1) is 21.1. The molecule has 158 valence electrons. The van der Waals surface area contributed by atoms with Gasteiger partial charge >= 0.3 is 0 Å². The zero-order valence-electron chi connectivity index (χ0n) is 17.7. The van der Waals surface area contributed by atoms with Crippen LogP contribution in [0.15, 0.2) is 29.3 Å². The number of aryl methyl sites for hydroxylation is 1. The van der Waals surface area contributed by atoms with Crippen molar-refractivity contribution in [3.05, 3.63) is 40.4 Å². The third-order valence-electron chi connectivity index (χ3n) is 6.10. The van der Waals surface area contributed by atoms with Gasteiger partial charge in [0.25, 0.3) is 5.91 Å². The van der Waals surface area contributed by atoms with Gasteiger partial charge in [-0.15, -0.1) is 0 Å². The summed E-state index contributed by atoms with van der Waals surface area (Å²) < 4.78 is 2.63. The van der Waals surface area contributed by atoms with Gasteiger partial charge in [-0.25, -0.2) is 0 Å². The highest BCUT2D eigenvalue weighted by Gasteiger charge is 2.29. The fourth-order valence-corrected chi connectivity index (χ4v) is 5.55. The molecule has 0 bridgehead atoms. The number of hydrogen-bond donors (Lipinski definition) is 0. The second-order valence-electron chi connectivity index (χ2n) is 8.05. The predicted octanol–water partition coefficient (Wildman–Crippen LogP) is 4.44. The zero-order chi connectivity index (χ0) is 21.4. The van der Waals surface area contributed by atoms with Crippen molar-refractivity contribution in [2.24, 2.45) is 0 Å². The summed E-state index contributed by atoms with van der Waals surface area (Å²) >= 11 is 6.59. The molecule has 3 heterocycles. The largest absolute Gasteiger partial charge is 0.338 e. The highest BCUT2D eigenvalue weighted by atomic mass is 32.2. The van der Waals surface area contributed by atoms with Crippen LogP contribution in [0.4, 0.5) is 0 Å². The number of thioether (sulfide) groups is 1. The number of piperidine rings is 1. The Labute approximate surface area is 187 Å². The number of rotatable bonds is 4. The molecule has 0 spiro atoms. The van der Waals surface area contributed by atoms with E-state index in [0.29, 0.717) is 21.8 Å². The number of amides is 2. The summed E-state index contributed by atoms with van der Waals surface area (Å²) in [6, 6.07) is 6.52. The number of thiocarbonyl (C=S) groups is 1. The van der Waals surface area contributed by atoms with E-state index in [1.54, 1.807) is 7.05 Å². The first-order valence-electron chi connectivity index (χ1n) is 10.5. The van der Waals surface area contributed by atoms with Crippen LogP contribution in [0.5, 0.6) is 0 Å². The Kier molecular flexibility index (Phi) is 6.02. The molecule has 0 saturated carbocycles. The van der Waals surface area contributed by atoms with Gasteiger partial charge < -0.3 is 9.47 Å². The Bertz CT molecular complexity index is 1060. The van der Waals surface area contributed by atoms with Crippen LogP contribution in [-0.4, -0.2) is 50.1 Å². The molecule has 2 aliphatic heterocycles. The van der Waals surface area contributed by atoms with Gasteiger partial charge in [0.2, 0.25) is 5.91 Å². The highest BCUT2D eigenvalue weighted by Crippen LogP contribution is 2.34.